The quantitative estimate of drug-likeness (QED) is 0.793. The number of methoxy groups -OCH3 is 1. The van der Waals surface area contributed by atoms with Crippen molar-refractivity contribution in [1.29, 1.82) is 0 Å². The number of amides is 4. The molecule has 2 heterocycles. The molecule has 8 heteroatoms. The van der Waals surface area contributed by atoms with E-state index in [0.717, 1.165) is 10.5 Å². The number of rotatable bonds is 4. The molecule has 2 saturated heterocycles. The lowest BCUT2D eigenvalue weighted by atomic mass is 9.90. The molecule has 1 unspecified atom stereocenters. The number of ketones is 1. The first-order chi connectivity index (χ1) is 12.8. The van der Waals surface area contributed by atoms with Crippen molar-refractivity contribution in [3.63, 3.8) is 0 Å². The molecule has 0 spiro atoms. The molecule has 1 atom stereocenters. The molecule has 27 heavy (non-hydrogen) atoms. The maximum Gasteiger partial charge on any atom is 0.325 e. The van der Waals surface area contributed by atoms with Gasteiger partial charge in [-0.2, -0.15) is 0 Å². The summed E-state index contributed by atoms with van der Waals surface area (Å²) in [6.07, 6.45) is 0.628. The summed E-state index contributed by atoms with van der Waals surface area (Å²) in [5, 5.41) is 2.70. The number of nitrogens with one attached hydrogen (secondary N) is 1. The average molecular weight is 373 g/mol. The zero-order chi connectivity index (χ0) is 19.8. The third kappa shape index (κ3) is 3.39. The number of carbonyl (C=O) groups excluding carboxylic acids is 4. The number of piperidine rings is 1. The molecule has 0 saturated carbocycles. The number of benzene rings is 1. The average Bonchev–Trinajstić information content (AvgIpc) is 2.86. The number of ether oxygens (including phenoxy) is 1. The number of nitrogens with zero attached hydrogens (tertiary/aromatic N) is 2. The standard InChI is InChI=1S/C19H23N3O5/c1-12-10-13(4-5-15(12)27-3)19(2)17(25)22(18(26)20-19)11-16(24)21-8-6-14(23)7-9-21/h4-5,10H,6-9,11H2,1-3H3,(H,20,26). The summed E-state index contributed by atoms with van der Waals surface area (Å²) >= 11 is 0. The zero-order valence-corrected chi connectivity index (χ0v) is 15.7. The molecular weight excluding hydrogens is 350 g/mol. The molecule has 0 bridgehead atoms. The lowest BCUT2D eigenvalue weighted by molar-refractivity contribution is -0.140. The Morgan fingerprint density at radius 2 is 1.89 bits per heavy atom. The number of hydrogen-bond donors (Lipinski definition) is 1. The lowest BCUT2D eigenvalue weighted by Gasteiger charge is -2.28. The highest BCUT2D eigenvalue weighted by Crippen LogP contribution is 2.31. The van der Waals surface area contributed by atoms with Crippen LogP contribution in [0.25, 0.3) is 0 Å². The largest absolute Gasteiger partial charge is 0.496 e. The van der Waals surface area contributed by atoms with Crippen molar-refractivity contribution in [2.24, 2.45) is 0 Å². The van der Waals surface area contributed by atoms with E-state index >= 15 is 0 Å². The number of Topliss-reactive ketones (excluding diaryl/α,β-unsaturated/α-hetero) is 1. The van der Waals surface area contributed by atoms with E-state index in [0.29, 0.717) is 37.2 Å². The van der Waals surface area contributed by atoms with Crippen LogP contribution in [0.15, 0.2) is 18.2 Å². The molecule has 8 nitrogen and oxygen atoms in total. The van der Waals surface area contributed by atoms with E-state index in [9.17, 15) is 19.2 Å². The van der Waals surface area contributed by atoms with Gasteiger partial charge in [0.15, 0.2) is 0 Å². The minimum absolute atomic E-state index is 0.122. The van der Waals surface area contributed by atoms with E-state index in [1.165, 1.54) is 4.90 Å². The summed E-state index contributed by atoms with van der Waals surface area (Å²) in [7, 11) is 1.56. The van der Waals surface area contributed by atoms with Gasteiger partial charge < -0.3 is 15.0 Å². The van der Waals surface area contributed by atoms with E-state index in [4.69, 9.17) is 4.74 Å². The Hall–Kier alpha value is -2.90. The highest BCUT2D eigenvalue weighted by molar-refractivity contribution is 6.09. The van der Waals surface area contributed by atoms with Crippen molar-refractivity contribution >= 4 is 23.6 Å². The zero-order valence-electron chi connectivity index (χ0n) is 15.7. The van der Waals surface area contributed by atoms with Gasteiger partial charge in [0.2, 0.25) is 5.91 Å². The second-order valence-corrected chi connectivity index (χ2v) is 7.05. The molecule has 1 aromatic carbocycles. The van der Waals surface area contributed by atoms with E-state index in [1.54, 1.807) is 32.2 Å². The van der Waals surface area contributed by atoms with Crippen LogP contribution in [0.5, 0.6) is 5.75 Å². The smallest absolute Gasteiger partial charge is 0.325 e. The predicted molar refractivity (Wildman–Crippen MR) is 96.1 cm³/mol. The molecule has 0 aliphatic carbocycles. The molecule has 144 valence electrons. The van der Waals surface area contributed by atoms with Gasteiger partial charge in [0, 0.05) is 25.9 Å². The second kappa shape index (κ2) is 7.02. The highest BCUT2D eigenvalue weighted by Gasteiger charge is 2.49. The molecule has 2 aliphatic rings. The van der Waals surface area contributed by atoms with Gasteiger partial charge in [-0.15, -0.1) is 0 Å². The van der Waals surface area contributed by atoms with Crippen LogP contribution < -0.4 is 10.1 Å². The van der Waals surface area contributed by atoms with Gasteiger partial charge in [0.1, 0.15) is 23.6 Å². The van der Waals surface area contributed by atoms with E-state index in [-0.39, 0.29) is 18.2 Å². The van der Waals surface area contributed by atoms with Crippen LogP contribution in [0.4, 0.5) is 4.79 Å². The number of urea groups is 1. The third-order valence-electron chi connectivity index (χ3n) is 5.21. The molecule has 1 N–H and O–H groups in total. The Balaban J connectivity index is 1.77. The number of imide groups is 1. The number of likely N-dealkylation sites (tertiary alicyclic amines) is 1. The first kappa shape index (κ1) is 18.9. The van der Waals surface area contributed by atoms with Gasteiger partial charge in [-0.05, 0) is 37.1 Å². The summed E-state index contributed by atoms with van der Waals surface area (Å²) in [6.45, 7) is 3.81. The monoisotopic (exact) mass is 373 g/mol. The molecule has 0 aromatic heterocycles. The minimum Gasteiger partial charge on any atom is -0.496 e. The van der Waals surface area contributed by atoms with Gasteiger partial charge >= 0.3 is 6.03 Å². The van der Waals surface area contributed by atoms with Crippen molar-refractivity contribution in [3.05, 3.63) is 29.3 Å². The van der Waals surface area contributed by atoms with Crippen LogP contribution in [0.3, 0.4) is 0 Å². The van der Waals surface area contributed by atoms with Crippen LogP contribution in [0.2, 0.25) is 0 Å². The molecule has 4 amide bonds. The molecule has 2 fully saturated rings. The van der Waals surface area contributed by atoms with Crippen LogP contribution in [0, 0.1) is 6.92 Å². The highest BCUT2D eigenvalue weighted by atomic mass is 16.5. The summed E-state index contributed by atoms with van der Waals surface area (Å²) < 4.78 is 5.24. The molecule has 1 aromatic rings. The summed E-state index contributed by atoms with van der Waals surface area (Å²) in [5.74, 6) is 0.00181. The maximum atomic E-state index is 13.0. The topological polar surface area (TPSA) is 96.0 Å². The Morgan fingerprint density at radius 3 is 2.48 bits per heavy atom. The summed E-state index contributed by atoms with van der Waals surface area (Å²) in [5.41, 5.74) is 0.218. The molecule has 2 aliphatic heterocycles. The Morgan fingerprint density at radius 1 is 1.22 bits per heavy atom. The van der Waals surface area contributed by atoms with Crippen LogP contribution in [-0.4, -0.2) is 60.2 Å². The van der Waals surface area contributed by atoms with Crippen molar-refractivity contribution in [3.8, 4) is 5.75 Å². The normalized spacial score (nSPS) is 22.9. The third-order valence-corrected chi connectivity index (χ3v) is 5.21. The molecular formula is C19H23N3O5. The first-order valence-electron chi connectivity index (χ1n) is 8.85. The number of aryl methyl sites for hydroxylation is 1. The summed E-state index contributed by atoms with van der Waals surface area (Å²) in [6, 6.07) is 4.66. The fourth-order valence-corrected chi connectivity index (χ4v) is 3.47. The van der Waals surface area contributed by atoms with E-state index in [2.05, 4.69) is 5.32 Å². The minimum atomic E-state index is -1.24. The lowest BCUT2D eigenvalue weighted by Crippen LogP contribution is -2.46. The van der Waals surface area contributed by atoms with Gasteiger partial charge in [-0.25, -0.2) is 4.79 Å². The second-order valence-electron chi connectivity index (χ2n) is 7.05. The van der Waals surface area contributed by atoms with Crippen molar-refractivity contribution in [2.45, 2.75) is 32.2 Å². The predicted octanol–water partition coefficient (Wildman–Crippen LogP) is 0.962. The Bertz CT molecular complexity index is 812. The van der Waals surface area contributed by atoms with Crippen molar-refractivity contribution in [2.75, 3.05) is 26.7 Å². The van der Waals surface area contributed by atoms with Gasteiger partial charge in [-0.3, -0.25) is 19.3 Å². The van der Waals surface area contributed by atoms with Gasteiger partial charge in [-0.1, -0.05) is 6.07 Å². The van der Waals surface area contributed by atoms with E-state index in [1.807, 2.05) is 6.92 Å². The number of hydrogen-bond acceptors (Lipinski definition) is 5. The van der Waals surface area contributed by atoms with Crippen LogP contribution in [0.1, 0.15) is 30.9 Å². The molecule has 3 rings (SSSR count). The fraction of sp³-hybridized carbons (Fsp3) is 0.474. The first-order valence-corrected chi connectivity index (χ1v) is 8.85. The number of carbonyl (C=O) groups is 4. The van der Waals surface area contributed by atoms with Crippen molar-refractivity contribution < 1.29 is 23.9 Å². The van der Waals surface area contributed by atoms with Gasteiger partial charge in [0.25, 0.3) is 5.91 Å². The van der Waals surface area contributed by atoms with Crippen LogP contribution in [-0.2, 0) is 19.9 Å². The SMILES string of the molecule is COc1ccc(C2(C)NC(=O)N(CC(=O)N3CCC(=O)CC3)C2=O)cc1C. The van der Waals surface area contributed by atoms with E-state index < -0.39 is 17.5 Å². The van der Waals surface area contributed by atoms with Crippen molar-refractivity contribution in [1.82, 2.24) is 15.1 Å². The van der Waals surface area contributed by atoms with Crippen LogP contribution >= 0.6 is 0 Å². The molecule has 0 radical (unpaired) electrons. The maximum absolute atomic E-state index is 13.0. The Kier molecular flexibility index (Phi) is 4.91. The Labute approximate surface area is 157 Å². The fourth-order valence-electron chi connectivity index (χ4n) is 3.47. The summed E-state index contributed by atoms with van der Waals surface area (Å²) in [4.78, 5) is 51.6. The van der Waals surface area contributed by atoms with Gasteiger partial charge in [0.05, 0.1) is 7.11 Å².